The maximum absolute atomic E-state index is 12.5. The number of Topliss-reactive ketones (excluding diaryl/α,β-unsaturated/α-hetero) is 1. The lowest BCUT2D eigenvalue weighted by Crippen LogP contribution is -2.25. The SMILES string of the molecule is CC1Cc2cc(C(=O)CN(C)Cc3ccccc3)ccc2N1. The Morgan fingerprint density at radius 2 is 2.00 bits per heavy atom. The molecule has 0 amide bonds. The lowest BCUT2D eigenvalue weighted by Gasteiger charge is -2.16. The van der Waals surface area contributed by atoms with Crippen LogP contribution in [0.1, 0.15) is 28.4 Å². The lowest BCUT2D eigenvalue weighted by molar-refractivity contribution is 0.0943. The van der Waals surface area contributed by atoms with E-state index in [4.69, 9.17) is 0 Å². The summed E-state index contributed by atoms with van der Waals surface area (Å²) in [5.74, 6) is 0.181. The number of carbonyl (C=O) groups excluding carboxylic acids is 1. The number of rotatable bonds is 5. The van der Waals surface area contributed by atoms with Crippen molar-refractivity contribution in [3.05, 3.63) is 65.2 Å². The van der Waals surface area contributed by atoms with Crippen LogP contribution in [0.4, 0.5) is 5.69 Å². The Labute approximate surface area is 132 Å². The van der Waals surface area contributed by atoms with Crippen LogP contribution in [0.2, 0.25) is 0 Å². The van der Waals surface area contributed by atoms with Crippen molar-refractivity contribution in [2.24, 2.45) is 0 Å². The van der Waals surface area contributed by atoms with Crippen LogP contribution < -0.4 is 5.32 Å². The molecule has 3 nitrogen and oxygen atoms in total. The van der Waals surface area contributed by atoms with Crippen LogP contribution in [-0.2, 0) is 13.0 Å². The summed E-state index contributed by atoms with van der Waals surface area (Å²) < 4.78 is 0. The summed E-state index contributed by atoms with van der Waals surface area (Å²) in [6.45, 7) is 3.39. The van der Waals surface area contributed by atoms with Crippen LogP contribution >= 0.6 is 0 Å². The molecule has 1 atom stereocenters. The smallest absolute Gasteiger partial charge is 0.176 e. The highest BCUT2D eigenvalue weighted by Gasteiger charge is 2.18. The Balaban J connectivity index is 1.64. The van der Waals surface area contributed by atoms with Crippen LogP contribution in [0.3, 0.4) is 0 Å². The van der Waals surface area contributed by atoms with Gasteiger partial charge in [-0.05, 0) is 49.7 Å². The van der Waals surface area contributed by atoms with E-state index in [1.807, 2.05) is 43.4 Å². The molecule has 3 heteroatoms. The van der Waals surface area contributed by atoms with Gasteiger partial charge in [-0.2, -0.15) is 0 Å². The first-order valence-corrected chi connectivity index (χ1v) is 7.77. The van der Waals surface area contributed by atoms with Gasteiger partial charge in [0.15, 0.2) is 5.78 Å². The predicted molar refractivity (Wildman–Crippen MR) is 90.3 cm³/mol. The molecule has 0 radical (unpaired) electrons. The van der Waals surface area contributed by atoms with Gasteiger partial charge in [0.25, 0.3) is 0 Å². The molecular weight excluding hydrogens is 272 g/mol. The number of carbonyl (C=O) groups is 1. The molecule has 1 unspecified atom stereocenters. The highest BCUT2D eigenvalue weighted by atomic mass is 16.1. The number of nitrogens with zero attached hydrogens (tertiary/aromatic N) is 1. The minimum atomic E-state index is 0.181. The zero-order chi connectivity index (χ0) is 15.5. The number of likely N-dealkylation sites (N-methyl/N-ethyl adjacent to an activating group) is 1. The van der Waals surface area contributed by atoms with Gasteiger partial charge >= 0.3 is 0 Å². The van der Waals surface area contributed by atoms with E-state index in [1.54, 1.807) is 0 Å². The van der Waals surface area contributed by atoms with Crippen LogP contribution in [0.25, 0.3) is 0 Å². The molecule has 0 spiro atoms. The average Bonchev–Trinajstić information content (AvgIpc) is 2.87. The molecule has 0 aliphatic carbocycles. The van der Waals surface area contributed by atoms with Gasteiger partial charge in [-0.25, -0.2) is 0 Å². The maximum atomic E-state index is 12.5. The second-order valence-electron chi connectivity index (χ2n) is 6.20. The number of anilines is 1. The second-order valence-corrected chi connectivity index (χ2v) is 6.20. The quantitative estimate of drug-likeness (QED) is 0.858. The molecule has 0 aromatic heterocycles. The molecule has 22 heavy (non-hydrogen) atoms. The maximum Gasteiger partial charge on any atom is 0.176 e. The first kappa shape index (κ1) is 14.8. The molecule has 1 N–H and O–H groups in total. The summed E-state index contributed by atoms with van der Waals surface area (Å²) in [7, 11) is 1.99. The molecule has 3 rings (SSSR count). The van der Waals surface area contributed by atoms with E-state index in [9.17, 15) is 4.79 Å². The van der Waals surface area contributed by atoms with Crippen molar-refractivity contribution in [1.29, 1.82) is 0 Å². The Hall–Kier alpha value is -2.13. The fraction of sp³-hybridized carbons (Fsp3) is 0.316. The van der Waals surface area contributed by atoms with Gasteiger partial charge in [0, 0.05) is 23.8 Å². The standard InChI is InChI=1S/C19H22N2O/c1-14-10-17-11-16(8-9-18(17)20-14)19(22)13-21(2)12-15-6-4-3-5-7-15/h3-9,11,14,20H,10,12-13H2,1-2H3. The Morgan fingerprint density at radius 1 is 1.23 bits per heavy atom. The Kier molecular flexibility index (Phi) is 4.25. The van der Waals surface area contributed by atoms with Crippen molar-refractivity contribution >= 4 is 11.5 Å². The lowest BCUT2D eigenvalue weighted by atomic mass is 10.0. The molecule has 1 heterocycles. The molecule has 1 aliphatic rings. The monoisotopic (exact) mass is 294 g/mol. The summed E-state index contributed by atoms with van der Waals surface area (Å²) in [6, 6.07) is 16.7. The van der Waals surface area contributed by atoms with Gasteiger partial charge in [0.1, 0.15) is 0 Å². The third-order valence-electron chi connectivity index (χ3n) is 4.06. The van der Waals surface area contributed by atoms with Gasteiger partial charge < -0.3 is 5.32 Å². The molecule has 0 fully saturated rings. The Bertz CT molecular complexity index is 666. The van der Waals surface area contributed by atoms with Gasteiger partial charge in [0.2, 0.25) is 0 Å². The summed E-state index contributed by atoms with van der Waals surface area (Å²) in [5.41, 5.74) is 4.46. The molecule has 2 aromatic rings. The molecule has 0 saturated heterocycles. The fourth-order valence-electron chi connectivity index (χ4n) is 3.01. The first-order chi connectivity index (χ1) is 10.6. The molecule has 0 bridgehead atoms. The summed E-state index contributed by atoms with van der Waals surface area (Å²) >= 11 is 0. The molecule has 0 saturated carbocycles. The largest absolute Gasteiger partial charge is 0.382 e. The number of hydrogen-bond donors (Lipinski definition) is 1. The van der Waals surface area contributed by atoms with Crippen LogP contribution in [0, 0.1) is 0 Å². The third kappa shape index (κ3) is 3.37. The van der Waals surface area contributed by atoms with Gasteiger partial charge in [-0.3, -0.25) is 9.69 Å². The minimum absolute atomic E-state index is 0.181. The second kappa shape index (κ2) is 6.32. The van der Waals surface area contributed by atoms with Gasteiger partial charge in [-0.15, -0.1) is 0 Å². The molecule has 114 valence electrons. The average molecular weight is 294 g/mol. The van der Waals surface area contributed by atoms with E-state index in [-0.39, 0.29) is 5.78 Å². The highest BCUT2D eigenvalue weighted by molar-refractivity contribution is 5.98. The normalized spacial score (nSPS) is 16.4. The number of nitrogens with one attached hydrogen (secondary N) is 1. The van der Waals surface area contributed by atoms with Crippen molar-refractivity contribution in [2.45, 2.75) is 25.9 Å². The van der Waals surface area contributed by atoms with E-state index in [2.05, 4.69) is 29.3 Å². The summed E-state index contributed by atoms with van der Waals surface area (Å²) in [6.07, 6.45) is 0.996. The van der Waals surface area contributed by atoms with E-state index in [0.717, 1.165) is 18.5 Å². The molecular formula is C19H22N2O. The fourth-order valence-corrected chi connectivity index (χ4v) is 3.01. The van der Waals surface area contributed by atoms with E-state index < -0.39 is 0 Å². The molecule has 2 aromatic carbocycles. The van der Waals surface area contributed by atoms with Crippen molar-refractivity contribution < 1.29 is 4.79 Å². The minimum Gasteiger partial charge on any atom is -0.382 e. The van der Waals surface area contributed by atoms with Crippen molar-refractivity contribution in [1.82, 2.24) is 4.90 Å². The highest BCUT2D eigenvalue weighted by Crippen LogP contribution is 2.26. The predicted octanol–water partition coefficient (Wildman–Crippen LogP) is 3.36. The van der Waals surface area contributed by atoms with E-state index >= 15 is 0 Å². The summed E-state index contributed by atoms with van der Waals surface area (Å²) in [5, 5.41) is 3.42. The van der Waals surface area contributed by atoms with Gasteiger partial charge in [0.05, 0.1) is 6.54 Å². The van der Waals surface area contributed by atoms with Gasteiger partial charge in [-0.1, -0.05) is 30.3 Å². The zero-order valence-electron chi connectivity index (χ0n) is 13.2. The third-order valence-corrected chi connectivity index (χ3v) is 4.06. The Morgan fingerprint density at radius 3 is 2.77 bits per heavy atom. The topological polar surface area (TPSA) is 32.3 Å². The van der Waals surface area contributed by atoms with E-state index in [1.165, 1.54) is 16.8 Å². The number of benzene rings is 2. The summed E-state index contributed by atoms with van der Waals surface area (Å²) in [4.78, 5) is 14.5. The van der Waals surface area contributed by atoms with E-state index in [0.29, 0.717) is 12.6 Å². The number of fused-ring (bicyclic) bond motifs is 1. The molecule has 1 aliphatic heterocycles. The first-order valence-electron chi connectivity index (χ1n) is 7.77. The number of ketones is 1. The van der Waals surface area contributed by atoms with Crippen LogP contribution in [-0.4, -0.2) is 30.3 Å². The zero-order valence-corrected chi connectivity index (χ0v) is 13.2. The number of hydrogen-bond acceptors (Lipinski definition) is 3. The van der Waals surface area contributed by atoms with Crippen molar-refractivity contribution in [3.63, 3.8) is 0 Å². The van der Waals surface area contributed by atoms with Crippen LogP contribution in [0.5, 0.6) is 0 Å². The van der Waals surface area contributed by atoms with Crippen molar-refractivity contribution in [3.8, 4) is 0 Å². The van der Waals surface area contributed by atoms with Crippen LogP contribution in [0.15, 0.2) is 48.5 Å². The van der Waals surface area contributed by atoms with Crippen molar-refractivity contribution in [2.75, 3.05) is 18.9 Å².